The molecule has 0 aliphatic carbocycles. The predicted octanol–water partition coefficient (Wildman–Crippen LogP) is 2.59. The van der Waals surface area contributed by atoms with Crippen LogP contribution in [0.2, 0.25) is 5.02 Å². The van der Waals surface area contributed by atoms with Gasteiger partial charge < -0.3 is 10.6 Å². The van der Waals surface area contributed by atoms with Crippen molar-refractivity contribution < 1.29 is 4.79 Å². The van der Waals surface area contributed by atoms with Crippen LogP contribution in [0.3, 0.4) is 0 Å². The lowest BCUT2D eigenvalue weighted by atomic mass is 9.99. The summed E-state index contributed by atoms with van der Waals surface area (Å²) in [5, 5.41) is 6.73. The summed E-state index contributed by atoms with van der Waals surface area (Å²) in [5.74, 6) is 0.115. The van der Waals surface area contributed by atoms with Gasteiger partial charge in [0.1, 0.15) is 0 Å². The Bertz CT molecular complexity index is 414. The first-order valence-corrected chi connectivity index (χ1v) is 6.32. The number of piperidine rings is 1. The van der Waals surface area contributed by atoms with Gasteiger partial charge in [-0.25, -0.2) is 0 Å². The second kappa shape index (κ2) is 5.52. The molecule has 1 aromatic rings. The van der Waals surface area contributed by atoms with Gasteiger partial charge in [0.2, 0.25) is 5.91 Å². The zero-order valence-corrected chi connectivity index (χ0v) is 10.7. The first-order chi connectivity index (χ1) is 8.16. The van der Waals surface area contributed by atoms with Gasteiger partial charge in [0.05, 0.1) is 16.6 Å². The van der Waals surface area contributed by atoms with Crippen LogP contribution in [0.15, 0.2) is 18.2 Å². The van der Waals surface area contributed by atoms with Crippen LogP contribution in [0.5, 0.6) is 0 Å². The molecular formula is C13H17ClN2O. The molecule has 92 valence electrons. The number of aryl methyl sites for hydroxylation is 1. The van der Waals surface area contributed by atoms with Gasteiger partial charge in [-0.05, 0) is 44.0 Å². The molecular weight excluding hydrogens is 236 g/mol. The molecule has 0 aromatic heterocycles. The van der Waals surface area contributed by atoms with E-state index in [1.165, 1.54) is 0 Å². The maximum atomic E-state index is 12.0. The molecule has 0 spiro atoms. The van der Waals surface area contributed by atoms with Crippen LogP contribution in [0.25, 0.3) is 0 Å². The first kappa shape index (κ1) is 12.4. The van der Waals surface area contributed by atoms with Crippen LogP contribution in [0.1, 0.15) is 18.4 Å². The molecule has 1 aromatic carbocycles. The molecule has 2 rings (SSSR count). The molecule has 1 amide bonds. The Hall–Kier alpha value is -1.06. The molecule has 1 aliphatic heterocycles. The summed E-state index contributed by atoms with van der Waals surface area (Å²) in [5.41, 5.74) is 1.79. The van der Waals surface area contributed by atoms with E-state index in [4.69, 9.17) is 11.6 Å². The van der Waals surface area contributed by atoms with Crippen molar-refractivity contribution in [2.75, 3.05) is 18.4 Å². The predicted molar refractivity (Wildman–Crippen MR) is 70.4 cm³/mol. The Labute approximate surface area is 107 Å². The van der Waals surface area contributed by atoms with E-state index in [1.54, 1.807) is 0 Å². The second-order valence-corrected chi connectivity index (χ2v) is 4.92. The van der Waals surface area contributed by atoms with Crippen molar-refractivity contribution in [3.63, 3.8) is 0 Å². The first-order valence-electron chi connectivity index (χ1n) is 5.94. The Kier molecular flexibility index (Phi) is 4.02. The molecule has 1 fully saturated rings. The fourth-order valence-corrected chi connectivity index (χ4v) is 2.31. The molecule has 1 aliphatic rings. The lowest BCUT2D eigenvalue weighted by Crippen LogP contribution is -2.37. The third kappa shape index (κ3) is 3.20. The maximum absolute atomic E-state index is 12.0. The van der Waals surface area contributed by atoms with Gasteiger partial charge in [-0.1, -0.05) is 17.7 Å². The number of hydrogen-bond acceptors (Lipinski definition) is 2. The van der Waals surface area contributed by atoms with Crippen molar-refractivity contribution in [1.82, 2.24) is 5.32 Å². The molecule has 4 heteroatoms. The van der Waals surface area contributed by atoms with Crippen LogP contribution in [0.4, 0.5) is 5.69 Å². The van der Waals surface area contributed by atoms with E-state index in [2.05, 4.69) is 10.6 Å². The Morgan fingerprint density at radius 1 is 1.53 bits per heavy atom. The van der Waals surface area contributed by atoms with Gasteiger partial charge in [0.15, 0.2) is 0 Å². The van der Waals surface area contributed by atoms with Crippen LogP contribution in [-0.2, 0) is 4.79 Å². The molecule has 3 nitrogen and oxygen atoms in total. The molecule has 0 saturated carbocycles. The quantitative estimate of drug-likeness (QED) is 0.850. The number of carbonyl (C=O) groups excluding carboxylic acids is 1. The molecule has 0 unspecified atom stereocenters. The van der Waals surface area contributed by atoms with Gasteiger partial charge in [0, 0.05) is 6.54 Å². The summed E-state index contributed by atoms with van der Waals surface area (Å²) in [6, 6.07) is 5.66. The highest BCUT2D eigenvalue weighted by Crippen LogP contribution is 2.24. The molecule has 17 heavy (non-hydrogen) atoms. The van der Waals surface area contributed by atoms with Crippen LogP contribution in [0, 0.1) is 12.8 Å². The summed E-state index contributed by atoms with van der Waals surface area (Å²) in [6.07, 6.45) is 2.00. The van der Waals surface area contributed by atoms with Crippen molar-refractivity contribution >= 4 is 23.2 Å². The fourth-order valence-electron chi connectivity index (χ4n) is 2.03. The van der Waals surface area contributed by atoms with Crippen molar-refractivity contribution in [2.45, 2.75) is 19.8 Å². The minimum Gasteiger partial charge on any atom is -0.324 e. The third-order valence-electron chi connectivity index (χ3n) is 3.05. The molecule has 1 heterocycles. The zero-order valence-electron chi connectivity index (χ0n) is 9.92. The number of nitrogens with one attached hydrogen (secondary N) is 2. The maximum Gasteiger partial charge on any atom is 0.228 e. The van der Waals surface area contributed by atoms with Crippen LogP contribution in [-0.4, -0.2) is 19.0 Å². The van der Waals surface area contributed by atoms with Crippen molar-refractivity contribution in [2.24, 2.45) is 5.92 Å². The zero-order chi connectivity index (χ0) is 12.3. The summed E-state index contributed by atoms with van der Waals surface area (Å²) >= 11 is 6.08. The largest absolute Gasteiger partial charge is 0.324 e. The lowest BCUT2D eigenvalue weighted by molar-refractivity contribution is -0.120. The van der Waals surface area contributed by atoms with E-state index in [9.17, 15) is 4.79 Å². The normalized spacial score (nSPS) is 20.0. The summed E-state index contributed by atoms with van der Waals surface area (Å²) < 4.78 is 0. The summed E-state index contributed by atoms with van der Waals surface area (Å²) in [4.78, 5) is 12.0. The van der Waals surface area contributed by atoms with E-state index in [0.717, 1.165) is 31.5 Å². The minimum atomic E-state index is 0.0566. The monoisotopic (exact) mass is 252 g/mol. The number of carbonyl (C=O) groups is 1. The van der Waals surface area contributed by atoms with Gasteiger partial charge in [-0.2, -0.15) is 0 Å². The van der Waals surface area contributed by atoms with Gasteiger partial charge in [-0.15, -0.1) is 0 Å². The number of halogens is 1. The number of rotatable bonds is 2. The SMILES string of the molecule is Cc1ccc(NC(=O)[C@@H]2CCCNC2)c(Cl)c1. The Morgan fingerprint density at radius 2 is 2.35 bits per heavy atom. The number of anilines is 1. The second-order valence-electron chi connectivity index (χ2n) is 4.52. The van der Waals surface area contributed by atoms with E-state index in [0.29, 0.717) is 10.7 Å². The van der Waals surface area contributed by atoms with Gasteiger partial charge in [-0.3, -0.25) is 4.79 Å². The average Bonchev–Trinajstić information content (AvgIpc) is 2.34. The summed E-state index contributed by atoms with van der Waals surface area (Å²) in [7, 11) is 0. The topological polar surface area (TPSA) is 41.1 Å². The number of benzene rings is 1. The summed E-state index contributed by atoms with van der Waals surface area (Å²) in [6.45, 7) is 3.74. The lowest BCUT2D eigenvalue weighted by Gasteiger charge is -2.22. The third-order valence-corrected chi connectivity index (χ3v) is 3.36. The standard InChI is InChI=1S/C13H17ClN2O/c1-9-4-5-12(11(14)7-9)16-13(17)10-3-2-6-15-8-10/h4-5,7,10,15H,2-3,6,8H2,1H3,(H,16,17)/t10-/m1/s1. The van der Waals surface area contributed by atoms with Crippen molar-refractivity contribution in [3.8, 4) is 0 Å². The van der Waals surface area contributed by atoms with E-state index >= 15 is 0 Å². The highest BCUT2D eigenvalue weighted by Gasteiger charge is 2.21. The fraction of sp³-hybridized carbons (Fsp3) is 0.462. The number of hydrogen-bond donors (Lipinski definition) is 2. The van der Waals surface area contributed by atoms with E-state index < -0.39 is 0 Å². The Balaban J connectivity index is 2.02. The van der Waals surface area contributed by atoms with E-state index in [-0.39, 0.29) is 11.8 Å². The van der Waals surface area contributed by atoms with Crippen LogP contribution < -0.4 is 10.6 Å². The molecule has 0 bridgehead atoms. The van der Waals surface area contributed by atoms with Gasteiger partial charge in [0.25, 0.3) is 0 Å². The van der Waals surface area contributed by atoms with Crippen LogP contribution >= 0.6 is 11.6 Å². The average molecular weight is 253 g/mol. The highest BCUT2D eigenvalue weighted by atomic mass is 35.5. The van der Waals surface area contributed by atoms with Crippen molar-refractivity contribution in [3.05, 3.63) is 28.8 Å². The molecule has 0 radical (unpaired) electrons. The van der Waals surface area contributed by atoms with Crippen molar-refractivity contribution in [1.29, 1.82) is 0 Å². The minimum absolute atomic E-state index is 0.0566. The Morgan fingerprint density at radius 3 is 3.00 bits per heavy atom. The van der Waals surface area contributed by atoms with E-state index in [1.807, 2.05) is 25.1 Å². The molecule has 2 N–H and O–H groups in total. The highest BCUT2D eigenvalue weighted by molar-refractivity contribution is 6.33. The molecule has 1 atom stereocenters. The van der Waals surface area contributed by atoms with Gasteiger partial charge >= 0.3 is 0 Å². The number of amides is 1. The smallest absolute Gasteiger partial charge is 0.228 e. The molecule has 1 saturated heterocycles.